The summed E-state index contributed by atoms with van der Waals surface area (Å²) in [4.78, 5) is 3.89. The van der Waals surface area contributed by atoms with E-state index in [9.17, 15) is 0 Å². The number of nitrogens with one attached hydrogen (secondary N) is 1. The standard InChI is InChI=1S/C12H21N3S2/c1-15-6-8-16-9-12(15)11(14-13)5-4-10-3-2-7-17-10/h2-3,7,11-12,14H,4-6,8-9,13H2,1H3. The predicted octanol–water partition coefficient (Wildman–Crippen LogP) is 1.56. The molecule has 1 saturated heterocycles. The molecule has 0 radical (unpaired) electrons. The van der Waals surface area contributed by atoms with Crippen LogP contribution in [0, 0.1) is 0 Å². The minimum Gasteiger partial charge on any atom is -0.300 e. The van der Waals surface area contributed by atoms with Gasteiger partial charge in [-0.25, -0.2) is 0 Å². The Balaban J connectivity index is 1.86. The molecule has 0 aromatic carbocycles. The summed E-state index contributed by atoms with van der Waals surface area (Å²) < 4.78 is 0. The molecule has 0 saturated carbocycles. The molecule has 0 aliphatic carbocycles. The lowest BCUT2D eigenvalue weighted by molar-refractivity contribution is 0.209. The van der Waals surface area contributed by atoms with Crippen LogP contribution in [0.15, 0.2) is 17.5 Å². The number of thioether (sulfide) groups is 1. The maximum atomic E-state index is 5.72. The van der Waals surface area contributed by atoms with Gasteiger partial charge in [0.2, 0.25) is 0 Å². The van der Waals surface area contributed by atoms with Crippen LogP contribution in [-0.2, 0) is 6.42 Å². The summed E-state index contributed by atoms with van der Waals surface area (Å²) in [5.41, 5.74) is 3.01. The van der Waals surface area contributed by atoms with Gasteiger partial charge in [-0.3, -0.25) is 11.3 Å². The van der Waals surface area contributed by atoms with E-state index in [4.69, 9.17) is 5.84 Å². The van der Waals surface area contributed by atoms with Crippen molar-refractivity contribution in [2.24, 2.45) is 5.84 Å². The third kappa shape index (κ3) is 3.69. The molecule has 3 nitrogen and oxygen atoms in total. The SMILES string of the molecule is CN1CCSCC1C(CCc1cccs1)NN. The van der Waals surface area contributed by atoms with Gasteiger partial charge in [0.15, 0.2) is 0 Å². The van der Waals surface area contributed by atoms with E-state index in [1.54, 1.807) is 0 Å². The van der Waals surface area contributed by atoms with Crippen molar-refractivity contribution in [3.05, 3.63) is 22.4 Å². The van der Waals surface area contributed by atoms with Gasteiger partial charge in [0, 0.05) is 35.0 Å². The van der Waals surface area contributed by atoms with Crippen molar-refractivity contribution in [3.8, 4) is 0 Å². The van der Waals surface area contributed by atoms with E-state index in [-0.39, 0.29) is 0 Å². The lowest BCUT2D eigenvalue weighted by Gasteiger charge is -2.37. The molecule has 2 rings (SSSR count). The van der Waals surface area contributed by atoms with E-state index in [1.165, 1.54) is 22.9 Å². The van der Waals surface area contributed by atoms with E-state index in [2.05, 4.69) is 34.9 Å². The van der Waals surface area contributed by atoms with E-state index in [1.807, 2.05) is 23.1 Å². The number of rotatable bonds is 5. The second kappa shape index (κ2) is 6.75. The number of hydrazine groups is 1. The number of nitrogens with zero attached hydrogens (tertiary/aromatic N) is 1. The highest BCUT2D eigenvalue weighted by Gasteiger charge is 2.26. The van der Waals surface area contributed by atoms with Crippen LogP contribution >= 0.6 is 23.1 Å². The minimum atomic E-state index is 0.398. The number of aryl methyl sites for hydroxylation is 1. The second-order valence-electron chi connectivity index (χ2n) is 4.51. The summed E-state index contributed by atoms with van der Waals surface area (Å²) in [6.07, 6.45) is 2.24. The average Bonchev–Trinajstić information content (AvgIpc) is 2.85. The summed E-state index contributed by atoms with van der Waals surface area (Å²) in [5.74, 6) is 8.16. The molecule has 1 fully saturated rings. The van der Waals surface area contributed by atoms with Gasteiger partial charge in [-0.15, -0.1) is 11.3 Å². The molecule has 0 bridgehead atoms. The van der Waals surface area contributed by atoms with Crippen LogP contribution in [-0.4, -0.2) is 42.1 Å². The second-order valence-corrected chi connectivity index (χ2v) is 6.70. The Kier molecular flexibility index (Phi) is 5.31. The van der Waals surface area contributed by atoms with E-state index in [0.717, 1.165) is 12.8 Å². The molecular formula is C12H21N3S2. The van der Waals surface area contributed by atoms with Gasteiger partial charge in [-0.2, -0.15) is 11.8 Å². The molecule has 0 amide bonds. The van der Waals surface area contributed by atoms with Crippen molar-refractivity contribution >= 4 is 23.1 Å². The van der Waals surface area contributed by atoms with Crippen molar-refractivity contribution in [1.82, 2.24) is 10.3 Å². The zero-order valence-corrected chi connectivity index (χ0v) is 11.9. The monoisotopic (exact) mass is 271 g/mol. The number of thiophene rings is 1. The van der Waals surface area contributed by atoms with E-state index >= 15 is 0 Å². The van der Waals surface area contributed by atoms with Gasteiger partial charge in [-0.1, -0.05) is 6.07 Å². The molecular weight excluding hydrogens is 250 g/mol. The van der Waals surface area contributed by atoms with Crippen molar-refractivity contribution in [1.29, 1.82) is 0 Å². The van der Waals surface area contributed by atoms with Gasteiger partial charge in [0.05, 0.1) is 0 Å². The first-order valence-corrected chi connectivity index (χ1v) is 8.11. The fraction of sp³-hybridized carbons (Fsp3) is 0.667. The van der Waals surface area contributed by atoms with Crippen LogP contribution in [0.25, 0.3) is 0 Å². The van der Waals surface area contributed by atoms with Crippen LogP contribution in [0.2, 0.25) is 0 Å². The fourth-order valence-electron chi connectivity index (χ4n) is 2.27. The third-order valence-corrected chi connectivity index (χ3v) is 5.39. The van der Waals surface area contributed by atoms with Crippen molar-refractivity contribution in [3.63, 3.8) is 0 Å². The first kappa shape index (κ1) is 13.4. The molecule has 3 N–H and O–H groups in total. The number of hydrogen-bond donors (Lipinski definition) is 2. The zero-order valence-electron chi connectivity index (χ0n) is 10.3. The summed E-state index contributed by atoms with van der Waals surface area (Å²) in [6, 6.07) is 5.29. The largest absolute Gasteiger partial charge is 0.300 e. The van der Waals surface area contributed by atoms with Gasteiger partial charge in [-0.05, 0) is 31.3 Å². The first-order chi connectivity index (χ1) is 8.31. The van der Waals surface area contributed by atoms with E-state index < -0.39 is 0 Å². The van der Waals surface area contributed by atoms with Crippen LogP contribution in [0.1, 0.15) is 11.3 Å². The summed E-state index contributed by atoms with van der Waals surface area (Å²) in [5, 5.41) is 2.14. The predicted molar refractivity (Wildman–Crippen MR) is 77.5 cm³/mol. The lowest BCUT2D eigenvalue weighted by atomic mass is 10.0. The Labute approximate surface area is 112 Å². The summed E-state index contributed by atoms with van der Waals surface area (Å²) >= 11 is 3.87. The average molecular weight is 271 g/mol. The molecule has 1 aromatic rings. The Morgan fingerprint density at radius 1 is 1.65 bits per heavy atom. The van der Waals surface area contributed by atoms with Gasteiger partial charge >= 0.3 is 0 Å². The van der Waals surface area contributed by atoms with Crippen molar-refractivity contribution in [2.75, 3.05) is 25.1 Å². The Hall–Kier alpha value is -0.0700. The zero-order chi connectivity index (χ0) is 12.1. The highest BCUT2D eigenvalue weighted by atomic mass is 32.2. The molecule has 1 aliphatic heterocycles. The quantitative estimate of drug-likeness (QED) is 0.630. The maximum absolute atomic E-state index is 5.72. The Morgan fingerprint density at radius 3 is 3.18 bits per heavy atom. The molecule has 2 heterocycles. The number of nitrogens with two attached hydrogens (primary N) is 1. The molecule has 96 valence electrons. The highest BCUT2D eigenvalue weighted by molar-refractivity contribution is 7.99. The minimum absolute atomic E-state index is 0.398. The highest BCUT2D eigenvalue weighted by Crippen LogP contribution is 2.20. The lowest BCUT2D eigenvalue weighted by Crippen LogP contribution is -2.54. The van der Waals surface area contributed by atoms with Crippen molar-refractivity contribution in [2.45, 2.75) is 24.9 Å². The molecule has 2 atom stereocenters. The third-order valence-electron chi connectivity index (χ3n) is 3.40. The maximum Gasteiger partial charge on any atom is 0.0377 e. The van der Waals surface area contributed by atoms with Crippen LogP contribution in [0.5, 0.6) is 0 Å². The molecule has 17 heavy (non-hydrogen) atoms. The summed E-state index contributed by atoms with van der Waals surface area (Å²) in [6.45, 7) is 1.17. The Morgan fingerprint density at radius 2 is 2.53 bits per heavy atom. The molecule has 1 aliphatic rings. The number of likely N-dealkylation sites (N-methyl/N-ethyl adjacent to an activating group) is 1. The first-order valence-electron chi connectivity index (χ1n) is 6.07. The normalized spacial score (nSPS) is 23.8. The van der Waals surface area contributed by atoms with Crippen LogP contribution in [0.4, 0.5) is 0 Å². The van der Waals surface area contributed by atoms with Gasteiger partial charge < -0.3 is 4.90 Å². The topological polar surface area (TPSA) is 41.3 Å². The molecule has 2 unspecified atom stereocenters. The summed E-state index contributed by atoms with van der Waals surface area (Å²) in [7, 11) is 2.21. The molecule has 0 spiro atoms. The van der Waals surface area contributed by atoms with Crippen LogP contribution < -0.4 is 11.3 Å². The molecule has 5 heteroatoms. The Bertz CT molecular complexity index is 316. The van der Waals surface area contributed by atoms with E-state index in [0.29, 0.717) is 12.1 Å². The van der Waals surface area contributed by atoms with Crippen LogP contribution in [0.3, 0.4) is 0 Å². The molecule has 1 aromatic heterocycles. The van der Waals surface area contributed by atoms with Gasteiger partial charge in [0.1, 0.15) is 0 Å². The smallest absolute Gasteiger partial charge is 0.0377 e. The number of hydrogen-bond acceptors (Lipinski definition) is 5. The van der Waals surface area contributed by atoms with Gasteiger partial charge in [0.25, 0.3) is 0 Å². The van der Waals surface area contributed by atoms with Crippen molar-refractivity contribution < 1.29 is 0 Å². The fourth-order valence-corrected chi connectivity index (χ4v) is 4.31.